The van der Waals surface area contributed by atoms with Gasteiger partial charge < -0.3 is 0 Å². The van der Waals surface area contributed by atoms with Crippen LogP contribution in [0.1, 0.15) is 26.0 Å². The minimum absolute atomic E-state index is 0.522. The normalized spacial score (nSPS) is 13.8. The van der Waals surface area contributed by atoms with E-state index in [1.165, 1.54) is 17.8 Å². The van der Waals surface area contributed by atoms with Crippen molar-refractivity contribution in [2.75, 3.05) is 5.75 Å². The number of halogens is 3. The Bertz CT molecular complexity index is 324. The van der Waals surface area contributed by atoms with Crippen molar-refractivity contribution in [1.82, 2.24) is 10.2 Å². The van der Waals surface area contributed by atoms with Crippen LogP contribution in [0.25, 0.3) is 0 Å². The van der Waals surface area contributed by atoms with Crippen LogP contribution in [0.15, 0.2) is 17.2 Å². The molecule has 1 unspecified atom stereocenters. The highest BCUT2D eigenvalue weighted by Gasteiger charge is 2.32. The highest BCUT2D eigenvalue weighted by atomic mass is 32.2. The van der Waals surface area contributed by atoms with Gasteiger partial charge in [0.05, 0.1) is 0 Å². The SMILES string of the molecule is CCC(C)CSc1ccc(C(F)(F)F)nn1. The highest BCUT2D eigenvalue weighted by Crippen LogP contribution is 2.28. The van der Waals surface area contributed by atoms with Crippen LogP contribution in [0.4, 0.5) is 13.2 Å². The molecule has 1 aromatic heterocycles. The number of hydrogen-bond acceptors (Lipinski definition) is 3. The molecule has 0 saturated heterocycles. The molecule has 0 aliphatic carbocycles. The lowest BCUT2D eigenvalue weighted by Gasteiger charge is -2.07. The summed E-state index contributed by atoms with van der Waals surface area (Å²) in [6.45, 7) is 4.16. The van der Waals surface area contributed by atoms with E-state index in [-0.39, 0.29) is 0 Å². The maximum Gasteiger partial charge on any atom is 0.435 e. The number of alkyl halides is 3. The average Bonchev–Trinajstić information content (AvgIpc) is 2.25. The zero-order valence-corrected chi connectivity index (χ0v) is 9.90. The molecule has 0 aliphatic heterocycles. The lowest BCUT2D eigenvalue weighted by Crippen LogP contribution is -2.09. The van der Waals surface area contributed by atoms with Gasteiger partial charge in [0.25, 0.3) is 0 Å². The lowest BCUT2D eigenvalue weighted by atomic mass is 10.2. The van der Waals surface area contributed by atoms with Crippen molar-refractivity contribution in [3.8, 4) is 0 Å². The van der Waals surface area contributed by atoms with Crippen molar-refractivity contribution in [1.29, 1.82) is 0 Å². The first-order chi connectivity index (χ1) is 7.43. The summed E-state index contributed by atoms with van der Waals surface area (Å²) in [5, 5.41) is 7.24. The van der Waals surface area contributed by atoms with E-state index >= 15 is 0 Å². The summed E-state index contributed by atoms with van der Waals surface area (Å²) in [6.07, 6.45) is -3.37. The van der Waals surface area contributed by atoms with Gasteiger partial charge in [-0.05, 0) is 18.1 Å². The second-order valence-corrected chi connectivity index (χ2v) is 4.62. The Labute approximate surface area is 96.6 Å². The molecule has 0 amide bonds. The molecule has 16 heavy (non-hydrogen) atoms. The molecule has 0 saturated carbocycles. The monoisotopic (exact) mass is 250 g/mol. The molecule has 0 aromatic carbocycles. The van der Waals surface area contributed by atoms with E-state index in [4.69, 9.17) is 0 Å². The zero-order chi connectivity index (χ0) is 12.2. The Kier molecular flexibility index (Phi) is 4.58. The number of thioether (sulfide) groups is 1. The van der Waals surface area contributed by atoms with Crippen LogP contribution in [0, 0.1) is 5.92 Å². The van der Waals surface area contributed by atoms with Gasteiger partial charge in [0.15, 0.2) is 5.69 Å². The predicted octanol–water partition coefficient (Wildman–Crippen LogP) is 3.63. The predicted molar refractivity (Wildman–Crippen MR) is 57.2 cm³/mol. The van der Waals surface area contributed by atoms with Crippen LogP contribution in [0.3, 0.4) is 0 Å². The van der Waals surface area contributed by atoms with Gasteiger partial charge in [-0.15, -0.1) is 22.0 Å². The highest BCUT2D eigenvalue weighted by molar-refractivity contribution is 7.99. The van der Waals surface area contributed by atoms with Crippen LogP contribution in [-0.4, -0.2) is 16.0 Å². The summed E-state index contributed by atoms with van der Waals surface area (Å²) in [6, 6.07) is 2.33. The first kappa shape index (κ1) is 13.3. The maximum absolute atomic E-state index is 12.2. The maximum atomic E-state index is 12.2. The van der Waals surface area contributed by atoms with E-state index in [1.807, 2.05) is 0 Å². The van der Waals surface area contributed by atoms with Crippen LogP contribution in [0.2, 0.25) is 0 Å². The summed E-state index contributed by atoms with van der Waals surface area (Å²) >= 11 is 1.43. The van der Waals surface area contributed by atoms with Gasteiger partial charge in [-0.25, -0.2) is 0 Å². The number of nitrogens with zero attached hydrogens (tertiary/aromatic N) is 2. The van der Waals surface area contributed by atoms with Gasteiger partial charge in [-0.3, -0.25) is 0 Å². The van der Waals surface area contributed by atoms with Crippen molar-refractivity contribution in [3.63, 3.8) is 0 Å². The van der Waals surface area contributed by atoms with Crippen LogP contribution < -0.4 is 0 Å². The third-order valence-corrected chi connectivity index (χ3v) is 3.39. The molecule has 0 fully saturated rings. The number of hydrogen-bond donors (Lipinski definition) is 0. The molecule has 2 nitrogen and oxygen atoms in total. The summed E-state index contributed by atoms with van der Waals surface area (Å²) < 4.78 is 36.5. The standard InChI is InChI=1S/C10H13F3N2S/c1-3-7(2)6-16-9-5-4-8(14-15-9)10(11,12)13/h4-5,7H,3,6H2,1-2H3. The number of rotatable bonds is 4. The van der Waals surface area contributed by atoms with Crippen molar-refractivity contribution >= 4 is 11.8 Å². The largest absolute Gasteiger partial charge is 0.435 e. The van der Waals surface area contributed by atoms with E-state index < -0.39 is 11.9 Å². The Morgan fingerprint density at radius 2 is 2.00 bits per heavy atom. The van der Waals surface area contributed by atoms with Gasteiger partial charge in [-0.1, -0.05) is 20.3 Å². The molecular weight excluding hydrogens is 237 g/mol. The summed E-state index contributed by atoms with van der Waals surface area (Å²) in [7, 11) is 0. The average molecular weight is 250 g/mol. The molecule has 0 spiro atoms. The Hall–Kier alpha value is -0.780. The third-order valence-electron chi connectivity index (χ3n) is 2.14. The van der Waals surface area contributed by atoms with E-state index in [2.05, 4.69) is 24.0 Å². The van der Waals surface area contributed by atoms with E-state index in [1.54, 1.807) is 0 Å². The lowest BCUT2D eigenvalue weighted by molar-refractivity contribution is -0.141. The molecule has 0 radical (unpaired) electrons. The van der Waals surface area contributed by atoms with Gasteiger partial charge >= 0.3 is 6.18 Å². The van der Waals surface area contributed by atoms with E-state index in [0.29, 0.717) is 10.9 Å². The van der Waals surface area contributed by atoms with Gasteiger partial charge in [0, 0.05) is 5.75 Å². The molecule has 0 bridgehead atoms. The van der Waals surface area contributed by atoms with E-state index in [0.717, 1.165) is 18.2 Å². The Morgan fingerprint density at radius 1 is 1.31 bits per heavy atom. The molecule has 1 heterocycles. The Morgan fingerprint density at radius 3 is 2.44 bits per heavy atom. The van der Waals surface area contributed by atoms with Crippen molar-refractivity contribution in [3.05, 3.63) is 17.8 Å². The molecule has 1 rings (SSSR count). The summed E-state index contributed by atoms with van der Waals surface area (Å²) in [5.41, 5.74) is -0.944. The van der Waals surface area contributed by atoms with Crippen molar-refractivity contribution < 1.29 is 13.2 Å². The molecule has 90 valence electrons. The minimum Gasteiger partial charge on any atom is -0.164 e. The molecule has 6 heteroatoms. The quantitative estimate of drug-likeness (QED) is 0.763. The fraction of sp³-hybridized carbons (Fsp3) is 0.600. The summed E-state index contributed by atoms with van der Waals surface area (Å²) in [4.78, 5) is 0. The fourth-order valence-electron chi connectivity index (χ4n) is 0.894. The van der Waals surface area contributed by atoms with Gasteiger partial charge in [0.2, 0.25) is 0 Å². The molecule has 0 aliphatic rings. The third kappa shape index (κ3) is 4.00. The van der Waals surface area contributed by atoms with Crippen LogP contribution >= 0.6 is 11.8 Å². The van der Waals surface area contributed by atoms with Crippen molar-refractivity contribution in [2.45, 2.75) is 31.5 Å². The van der Waals surface area contributed by atoms with Gasteiger partial charge in [0.1, 0.15) is 5.03 Å². The van der Waals surface area contributed by atoms with Crippen LogP contribution in [-0.2, 0) is 6.18 Å². The molecule has 0 N–H and O–H groups in total. The molecule has 1 atom stereocenters. The topological polar surface area (TPSA) is 25.8 Å². The smallest absolute Gasteiger partial charge is 0.164 e. The minimum atomic E-state index is -4.41. The second kappa shape index (κ2) is 5.52. The summed E-state index contributed by atoms with van der Waals surface area (Å²) in [5.74, 6) is 1.37. The van der Waals surface area contributed by atoms with Crippen molar-refractivity contribution in [2.24, 2.45) is 5.92 Å². The fourth-order valence-corrected chi connectivity index (χ4v) is 1.85. The van der Waals surface area contributed by atoms with Crippen LogP contribution in [0.5, 0.6) is 0 Å². The number of aromatic nitrogens is 2. The first-order valence-electron chi connectivity index (χ1n) is 4.97. The Balaban J connectivity index is 2.58. The molecular formula is C10H13F3N2S. The second-order valence-electron chi connectivity index (χ2n) is 3.58. The zero-order valence-electron chi connectivity index (χ0n) is 9.08. The van der Waals surface area contributed by atoms with Gasteiger partial charge in [-0.2, -0.15) is 13.2 Å². The molecule has 1 aromatic rings. The van der Waals surface area contributed by atoms with E-state index in [9.17, 15) is 13.2 Å². The first-order valence-corrected chi connectivity index (χ1v) is 5.95.